The summed E-state index contributed by atoms with van der Waals surface area (Å²) in [5.41, 5.74) is 20.6. The molecule has 2 aliphatic heterocycles. The number of allylic oxidation sites excluding steroid dienone is 1. The molecule has 0 saturated carbocycles. The molecule has 3 aromatic carbocycles. The van der Waals surface area contributed by atoms with Gasteiger partial charge in [0, 0.05) is 54.9 Å². The van der Waals surface area contributed by atoms with Gasteiger partial charge in [-0.25, -0.2) is 4.98 Å². The van der Waals surface area contributed by atoms with Gasteiger partial charge >= 0.3 is 0 Å². The summed E-state index contributed by atoms with van der Waals surface area (Å²) in [7, 11) is 0. The van der Waals surface area contributed by atoms with Crippen LogP contribution in [0.1, 0.15) is 12.5 Å². The number of morpholine rings is 1. The molecule has 6 rings (SSSR count). The van der Waals surface area contributed by atoms with E-state index in [9.17, 15) is 0 Å². The zero-order valence-electron chi connectivity index (χ0n) is 22.2. The molecular weight excluding hydrogens is 486 g/mol. The highest BCUT2D eigenvalue weighted by Gasteiger charge is 2.27. The minimum Gasteiger partial charge on any atom is -0.451 e. The van der Waals surface area contributed by atoms with Crippen LogP contribution in [0.4, 0.5) is 22.9 Å². The van der Waals surface area contributed by atoms with E-state index in [1.165, 1.54) is 0 Å². The zero-order chi connectivity index (χ0) is 26.9. The normalized spacial score (nSPS) is 14.8. The number of fused-ring (bicyclic) bond motifs is 2. The Morgan fingerprint density at radius 3 is 2.31 bits per heavy atom. The SMILES string of the molecule is C=C(C)c1cc(-c2cnc3c(c2)Oc2cc(-c4ccc(N)cc4)ccc2N3CCN2CCOCC2)ccc1N. The van der Waals surface area contributed by atoms with Gasteiger partial charge in [0.15, 0.2) is 17.3 Å². The molecule has 1 saturated heterocycles. The number of hydrogen-bond acceptors (Lipinski definition) is 7. The maximum absolute atomic E-state index is 6.54. The highest BCUT2D eigenvalue weighted by Crippen LogP contribution is 2.48. The lowest BCUT2D eigenvalue weighted by atomic mass is 9.99. The molecule has 0 aliphatic carbocycles. The van der Waals surface area contributed by atoms with Crippen LogP contribution in [0.2, 0.25) is 0 Å². The second kappa shape index (κ2) is 10.4. The fourth-order valence-corrected chi connectivity index (χ4v) is 5.18. The van der Waals surface area contributed by atoms with Crippen molar-refractivity contribution in [3.05, 3.63) is 85.1 Å². The lowest BCUT2D eigenvalue weighted by molar-refractivity contribution is 0.0393. The third kappa shape index (κ3) is 5.06. The summed E-state index contributed by atoms with van der Waals surface area (Å²) in [6.45, 7) is 11.2. The molecule has 0 amide bonds. The summed E-state index contributed by atoms with van der Waals surface area (Å²) >= 11 is 0. The molecule has 0 atom stereocenters. The summed E-state index contributed by atoms with van der Waals surface area (Å²) in [5.74, 6) is 2.35. The van der Waals surface area contributed by atoms with Crippen molar-refractivity contribution in [3.63, 3.8) is 0 Å². The monoisotopic (exact) mass is 519 g/mol. The van der Waals surface area contributed by atoms with E-state index in [2.05, 4.69) is 46.7 Å². The van der Waals surface area contributed by atoms with Crippen LogP contribution in [0, 0.1) is 0 Å². The molecular formula is C32H33N5O2. The predicted molar refractivity (Wildman–Crippen MR) is 159 cm³/mol. The van der Waals surface area contributed by atoms with Gasteiger partial charge in [-0.2, -0.15) is 0 Å². The largest absolute Gasteiger partial charge is 0.451 e. The number of benzene rings is 3. The minimum atomic E-state index is 0.715. The molecule has 198 valence electrons. The average molecular weight is 520 g/mol. The molecule has 2 aliphatic rings. The maximum Gasteiger partial charge on any atom is 0.176 e. The van der Waals surface area contributed by atoms with Crippen LogP contribution in [-0.2, 0) is 4.74 Å². The Balaban J connectivity index is 1.38. The molecule has 3 heterocycles. The number of nitrogens with zero attached hydrogens (tertiary/aromatic N) is 3. The van der Waals surface area contributed by atoms with Crippen LogP contribution < -0.4 is 21.1 Å². The van der Waals surface area contributed by atoms with E-state index >= 15 is 0 Å². The molecule has 0 unspecified atom stereocenters. The van der Waals surface area contributed by atoms with Crippen LogP contribution in [-0.4, -0.2) is 49.3 Å². The summed E-state index contributed by atoms with van der Waals surface area (Å²) in [6, 6.07) is 22.3. The van der Waals surface area contributed by atoms with Gasteiger partial charge in [0.05, 0.1) is 18.9 Å². The second-order valence-electron chi connectivity index (χ2n) is 10.1. The van der Waals surface area contributed by atoms with Crippen LogP contribution >= 0.6 is 0 Å². The van der Waals surface area contributed by atoms with Gasteiger partial charge in [0.1, 0.15) is 0 Å². The van der Waals surface area contributed by atoms with Crippen molar-refractivity contribution in [1.82, 2.24) is 9.88 Å². The van der Waals surface area contributed by atoms with E-state index in [0.717, 1.165) is 101 Å². The molecule has 0 bridgehead atoms. The van der Waals surface area contributed by atoms with Gasteiger partial charge in [-0.1, -0.05) is 30.8 Å². The molecule has 39 heavy (non-hydrogen) atoms. The van der Waals surface area contributed by atoms with Crippen molar-refractivity contribution in [2.45, 2.75) is 6.92 Å². The van der Waals surface area contributed by atoms with Gasteiger partial charge in [0.2, 0.25) is 0 Å². The van der Waals surface area contributed by atoms with Crippen molar-refractivity contribution < 1.29 is 9.47 Å². The summed E-state index contributed by atoms with van der Waals surface area (Å²) in [4.78, 5) is 9.62. The molecule has 4 aromatic rings. The Bertz CT molecular complexity index is 1530. The van der Waals surface area contributed by atoms with E-state index in [-0.39, 0.29) is 0 Å². The molecule has 7 nitrogen and oxygen atoms in total. The maximum atomic E-state index is 6.54. The number of ether oxygens (including phenoxy) is 2. The Labute approximate surface area is 229 Å². The van der Waals surface area contributed by atoms with Crippen molar-refractivity contribution >= 4 is 28.5 Å². The van der Waals surface area contributed by atoms with E-state index in [1.807, 2.05) is 49.5 Å². The Hall–Kier alpha value is -4.33. The standard InChI is InChI=1S/C32H33N5O2/c1-21(2)27-17-23(5-9-28(27)34)25-19-31-32(35-20-25)37(12-11-36-13-15-38-16-14-36)29-10-6-24(18-30(29)39-31)22-3-7-26(33)8-4-22/h3-10,17-20H,1,11-16,33-34H2,2H3. The van der Waals surface area contributed by atoms with Gasteiger partial charge < -0.3 is 25.8 Å². The van der Waals surface area contributed by atoms with Crippen molar-refractivity contribution in [2.75, 3.05) is 55.8 Å². The summed E-state index contributed by atoms with van der Waals surface area (Å²) < 4.78 is 12.1. The predicted octanol–water partition coefficient (Wildman–Crippen LogP) is 6.19. The van der Waals surface area contributed by atoms with Gasteiger partial charge in [-0.15, -0.1) is 0 Å². The lowest BCUT2D eigenvalue weighted by Gasteiger charge is -2.34. The first-order chi connectivity index (χ1) is 19.0. The molecule has 0 spiro atoms. The fourth-order valence-electron chi connectivity index (χ4n) is 5.18. The number of nitrogens with two attached hydrogens (primary N) is 2. The number of anilines is 4. The quantitative estimate of drug-likeness (QED) is 0.294. The third-order valence-corrected chi connectivity index (χ3v) is 7.39. The highest BCUT2D eigenvalue weighted by atomic mass is 16.5. The average Bonchev–Trinajstić information content (AvgIpc) is 2.95. The number of hydrogen-bond donors (Lipinski definition) is 2. The Kier molecular flexibility index (Phi) is 6.69. The zero-order valence-corrected chi connectivity index (χ0v) is 22.2. The topological polar surface area (TPSA) is 89.9 Å². The van der Waals surface area contributed by atoms with Crippen LogP contribution in [0.3, 0.4) is 0 Å². The number of nitrogen functional groups attached to an aromatic ring is 2. The Morgan fingerprint density at radius 1 is 0.846 bits per heavy atom. The first kappa shape index (κ1) is 25.0. The van der Waals surface area contributed by atoms with E-state index in [0.29, 0.717) is 5.69 Å². The van der Waals surface area contributed by atoms with Crippen LogP contribution in [0.15, 0.2) is 79.5 Å². The van der Waals surface area contributed by atoms with Crippen LogP contribution in [0.5, 0.6) is 11.5 Å². The number of rotatable bonds is 6. The molecule has 4 N–H and O–H groups in total. The molecule has 1 fully saturated rings. The van der Waals surface area contributed by atoms with E-state index < -0.39 is 0 Å². The first-order valence-electron chi connectivity index (χ1n) is 13.3. The third-order valence-electron chi connectivity index (χ3n) is 7.39. The number of aromatic nitrogens is 1. The molecule has 1 aromatic heterocycles. The summed E-state index contributed by atoms with van der Waals surface area (Å²) in [5, 5.41) is 0. The van der Waals surface area contributed by atoms with E-state index in [1.54, 1.807) is 0 Å². The van der Waals surface area contributed by atoms with Gasteiger partial charge in [-0.05, 0) is 71.7 Å². The number of pyridine rings is 1. The van der Waals surface area contributed by atoms with Gasteiger partial charge in [0.25, 0.3) is 0 Å². The van der Waals surface area contributed by atoms with Crippen LogP contribution in [0.25, 0.3) is 27.8 Å². The Morgan fingerprint density at radius 2 is 1.54 bits per heavy atom. The van der Waals surface area contributed by atoms with E-state index in [4.69, 9.17) is 25.9 Å². The minimum absolute atomic E-state index is 0.715. The fraction of sp³-hybridized carbons (Fsp3) is 0.219. The lowest BCUT2D eigenvalue weighted by Crippen LogP contribution is -2.41. The second-order valence-corrected chi connectivity index (χ2v) is 10.1. The summed E-state index contributed by atoms with van der Waals surface area (Å²) in [6.07, 6.45) is 1.91. The first-order valence-corrected chi connectivity index (χ1v) is 13.3. The van der Waals surface area contributed by atoms with Crippen molar-refractivity contribution in [2.24, 2.45) is 0 Å². The molecule has 7 heteroatoms. The smallest absolute Gasteiger partial charge is 0.176 e. The van der Waals surface area contributed by atoms with Crippen molar-refractivity contribution in [3.8, 4) is 33.8 Å². The molecule has 0 radical (unpaired) electrons. The van der Waals surface area contributed by atoms with Gasteiger partial charge in [-0.3, -0.25) is 4.90 Å². The van der Waals surface area contributed by atoms with Crippen molar-refractivity contribution in [1.29, 1.82) is 0 Å². The highest BCUT2D eigenvalue weighted by molar-refractivity contribution is 5.83.